The molecule has 4 heteroatoms. The first-order valence-electron chi connectivity index (χ1n) is 8.57. The maximum absolute atomic E-state index is 11.9. The van der Waals surface area contributed by atoms with E-state index in [9.17, 15) is 4.79 Å². The summed E-state index contributed by atoms with van der Waals surface area (Å²) in [4.78, 5) is 16.1. The Morgan fingerprint density at radius 3 is 2.65 bits per heavy atom. The number of aryl methyl sites for hydroxylation is 1. The first kappa shape index (κ1) is 19.6. The van der Waals surface area contributed by atoms with Crippen molar-refractivity contribution in [1.82, 2.24) is 4.98 Å². The summed E-state index contributed by atoms with van der Waals surface area (Å²) in [6, 6.07) is 4.07. The van der Waals surface area contributed by atoms with E-state index in [0.29, 0.717) is 5.92 Å². The van der Waals surface area contributed by atoms with Crippen molar-refractivity contribution in [1.29, 1.82) is 0 Å². The van der Waals surface area contributed by atoms with Gasteiger partial charge in [-0.15, -0.1) is 0 Å². The Kier molecular flexibility index (Phi) is 8.85. The molecule has 1 heterocycles. The van der Waals surface area contributed by atoms with Gasteiger partial charge in [0.1, 0.15) is 0 Å². The highest BCUT2D eigenvalue weighted by atomic mass is 16.5. The Morgan fingerprint density at radius 1 is 1.30 bits per heavy atom. The van der Waals surface area contributed by atoms with Crippen LogP contribution in [-0.2, 0) is 16.0 Å². The number of methoxy groups -OCH3 is 1. The fraction of sp³-hybridized carbons (Fsp3) is 0.684. The molecule has 0 aromatic carbocycles. The van der Waals surface area contributed by atoms with E-state index >= 15 is 0 Å². The molecule has 0 saturated heterocycles. The van der Waals surface area contributed by atoms with Gasteiger partial charge in [0, 0.05) is 19.0 Å². The molecule has 130 valence electrons. The van der Waals surface area contributed by atoms with Crippen molar-refractivity contribution in [3.05, 3.63) is 30.1 Å². The van der Waals surface area contributed by atoms with Crippen LogP contribution in [0.2, 0.25) is 0 Å². The summed E-state index contributed by atoms with van der Waals surface area (Å²) in [5.41, 5.74) is 0.807. The zero-order valence-electron chi connectivity index (χ0n) is 14.8. The van der Waals surface area contributed by atoms with Crippen molar-refractivity contribution < 1.29 is 14.6 Å². The van der Waals surface area contributed by atoms with Gasteiger partial charge in [-0.05, 0) is 57.1 Å². The highest BCUT2D eigenvalue weighted by Gasteiger charge is 2.31. The number of aliphatic hydroxyl groups excluding tert-OH is 1. The monoisotopic (exact) mass is 321 g/mol. The maximum atomic E-state index is 11.9. The number of hydrogen-bond donors (Lipinski definition) is 1. The number of aromatic nitrogens is 1. The van der Waals surface area contributed by atoms with E-state index in [0.717, 1.165) is 44.9 Å². The Labute approximate surface area is 140 Å². The number of unbranched alkanes of at least 4 members (excludes halogenated alkanes) is 1. The van der Waals surface area contributed by atoms with Crippen LogP contribution in [-0.4, -0.2) is 29.8 Å². The number of carbonyl (C=O) groups excluding carboxylic acids is 1. The average molecular weight is 321 g/mol. The highest BCUT2D eigenvalue weighted by Crippen LogP contribution is 2.32. The highest BCUT2D eigenvalue weighted by molar-refractivity contribution is 5.75. The summed E-state index contributed by atoms with van der Waals surface area (Å²) < 4.78 is 4.93. The van der Waals surface area contributed by atoms with Crippen molar-refractivity contribution in [3.8, 4) is 0 Å². The van der Waals surface area contributed by atoms with Crippen LogP contribution < -0.4 is 0 Å². The van der Waals surface area contributed by atoms with Crippen molar-refractivity contribution in [2.24, 2.45) is 11.3 Å². The van der Waals surface area contributed by atoms with Gasteiger partial charge in [-0.25, -0.2) is 0 Å². The molecule has 0 bridgehead atoms. The molecule has 1 N–H and O–H groups in total. The first-order valence-corrected chi connectivity index (χ1v) is 8.57. The lowest BCUT2D eigenvalue weighted by Gasteiger charge is -2.27. The van der Waals surface area contributed by atoms with Gasteiger partial charge in [0.15, 0.2) is 0 Å². The second kappa shape index (κ2) is 10.4. The standard InChI is InChI=1S/C19H31NO3/c1-19(2,18(22)23-3)14-16(8-4-5-13-21)9-6-10-17-11-7-12-20-15-17/h7,11-12,15-16,21H,4-6,8-10,13-14H2,1-3H3. The van der Waals surface area contributed by atoms with E-state index in [2.05, 4.69) is 11.1 Å². The lowest BCUT2D eigenvalue weighted by atomic mass is 9.78. The molecule has 0 aliphatic rings. The normalized spacial score (nSPS) is 12.9. The summed E-state index contributed by atoms with van der Waals surface area (Å²) in [6.45, 7) is 4.15. The van der Waals surface area contributed by atoms with E-state index in [1.165, 1.54) is 12.7 Å². The SMILES string of the molecule is COC(=O)C(C)(C)CC(CCCCO)CCCc1cccnc1. The largest absolute Gasteiger partial charge is 0.469 e. The molecule has 0 aliphatic carbocycles. The van der Waals surface area contributed by atoms with Gasteiger partial charge in [0.2, 0.25) is 0 Å². The van der Waals surface area contributed by atoms with E-state index in [1.54, 1.807) is 6.20 Å². The lowest BCUT2D eigenvalue weighted by Crippen LogP contribution is -2.28. The van der Waals surface area contributed by atoms with Gasteiger partial charge in [-0.3, -0.25) is 9.78 Å². The number of ether oxygens (including phenoxy) is 1. The third-order valence-electron chi connectivity index (χ3n) is 4.36. The van der Waals surface area contributed by atoms with Crippen molar-refractivity contribution in [2.75, 3.05) is 13.7 Å². The van der Waals surface area contributed by atoms with Crippen molar-refractivity contribution in [2.45, 2.75) is 58.8 Å². The number of aliphatic hydroxyl groups is 1. The van der Waals surface area contributed by atoms with Gasteiger partial charge in [0.05, 0.1) is 12.5 Å². The fourth-order valence-corrected chi connectivity index (χ4v) is 3.12. The van der Waals surface area contributed by atoms with Gasteiger partial charge < -0.3 is 9.84 Å². The number of esters is 1. The summed E-state index contributed by atoms with van der Waals surface area (Å²) in [6.07, 6.45) is 10.6. The van der Waals surface area contributed by atoms with E-state index < -0.39 is 5.41 Å². The summed E-state index contributed by atoms with van der Waals surface area (Å²) in [5.74, 6) is 0.337. The van der Waals surface area contributed by atoms with Gasteiger partial charge >= 0.3 is 5.97 Å². The molecule has 23 heavy (non-hydrogen) atoms. The van der Waals surface area contributed by atoms with Crippen molar-refractivity contribution in [3.63, 3.8) is 0 Å². The molecule has 4 nitrogen and oxygen atoms in total. The minimum absolute atomic E-state index is 0.142. The smallest absolute Gasteiger partial charge is 0.311 e. The van der Waals surface area contributed by atoms with E-state index in [1.807, 2.05) is 26.1 Å². The van der Waals surface area contributed by atoms with Crippen LogP contribution in [0.4, 0.5) is 0 Å². The molecule has 1 rings (SSSR count). The molecule has 0 saturated carbocycles. The molecule has 0 fully saturated rings. The quantitative estimate of drug-likeness (QED) is 0.498. The van der Waals surface area contributed by atoms with Crippen LogP contribution in [0.25, 0.3) is 0 Å². The third kappa shape index (κ3) is 7.60. The first-order chi connectivity index (χ1) is 11.0. The predicted molar refractivity (Wildman–Crippen MR) is 92.0 cm³/mol. The van der Waals surface area contributed by atoms with Crippen LogP contribution in [0, 0.1) is 11.3 Å². The molecule has 1 aromatic rings. The van der Waals surface area contributed by atoms with Crippen LogP contribution in [0.15, 0.2) is 24.5 Å². The molecular weight excluding hydrogens is 290 g/mol. The number of pyridine rings is 1. The minimum Gasteiger partial charge on any atom is -0.469 e. The van der Waals surface area contributed by atoms with Gasteiger partial charge in [-0.2, -0.15) is 0 Å². The second-order valence-corrected chi connectivity index (χ2v) is 6.92. The maximum Gasteiger partial charge on any atom is 0.311 e. The minimum atomic E-state index is -0.451. The third-order valence-corrected chi connectivity index (χ3v) is 4.36. The van der Waals surface area contributed by atoms with Crippen LogP contribution in [0.3, 0.4) is 0 Å². The molecule has 0 aliphatic heterocycles. The lowest BCUT2D eigenvalue weighted by molar-refractivity contribution is -0.151. The number of nitrogens with zero attached hydrogens (tertiary/aromatic N) is 1. The Hall–Kier alpha value is -1.42. The van der Waals surface area contributed by atoms with Gasteiger partial charge in [0.25, 0.3) is 0 Å². The zero-order chi connectivity index (χ0) is 17.1. The molecular formula is C19H31NO3. The Bertz CT molecular complexity index is 445. The molecule has 1 atom stereocenters. The topological polar surface area (TPSA) is 59.4 Å². The second-order valence-electron chi connectivity index (χ2n) is 6.92. The van der Waals surface area contributed by atoms with Crippen LogP contribution in [0.1, 0.15) is 57.9 Å². The fourth-order valence-electron chi connectivity index (χ4n) is 3.12. The summed E-state index contributed by atoms with van der Waals surface area (Å²) in [5, 5.41) is 8.98. The summed E-state index contributed by atoms with van der Waals surface area (Å²) >= 11 is 0. The molecule has 1 unspecified atom stereocenters. The number of carbonyl (C=O) groups is 1. The zero-order valence-corrected chi connectivity index (χ0v) is 14.8. The number of rotatable bonds is 11. The summed E-state index contributed by atoms with van der Waals surface area (Å²) in [7, 11) is 1.45. The Balaban J connectivity index is 2.52. The molecule has 0 spiro atoms. The van der Waals surface area contributed by atoms with E-state index in [4.69, 9.17) is 9.84 Å². The molecule has 0 radical (unpaired) electrons. The Morgan fingerprint density at radius 2 is 2.04 bits per heavy atom. The van der Waals surface area contributed by atoms with Crippen LogP contribution in [0.5, 0.6) is 0 Å². The predicted octanol–water partition coefficient (Wildman–Crippen LogP) is 3.77. The van der Waals surface area contributed by atoms with Crippen molar-refractivity contribution >= 4 is 5.97 Å². The number of hydrogen-bond acceptors (Lipinski definition) is 4. The van der Waals surface area contributed by atoms with Crippen LogP contribution >= 0.6 is 0 Å². The molecule has 1 aromatic heterocycles. The molecule has 0 amide bonds. The van der Waals surface area contributed by atoms with Gasteiger partial charge in [-0.1, -0.05) is 25.3 Å². The van der Waals surface area contributed by atoms with E-state index in [-0.39, 0.29) is 12.6 Å². The average Bonchev–Trinajstić information content (AvgIpc) is 2.54.